The summed E-state index contributed by atoms with van der Waals surface area (Å²) in [6, 6.07) is 6.58. The average Bonchev–Trinajstić information content (AvgIpc) is 2.48. The second-order valence-electron chi connectivity index (χ2n) is 6.18. The standard InChI is InChI=1S/C18H31N3O3S/c1-5-19-18(21-8-9-24-10-11-25(4,22)23)20-7-6-17-13-15(2)12-16(3)14-17/h12-14H,5-11H2,1-4H3,(H2,19,20,21). The number of nitrogens with zero attached hydrogens (tertiary/aromatic N) is 1. The van der Waals surface area contributed by atoms with Gasteiger partial charge in [-0.25, -0.2) is 8.42 Å². The Kier molecular flexibility index (Phi) is 9.52. The second-order valence-corrected chi connectivity index (χ2v) is 8.44. The van der Waals surface area contributed by atoms with Crippen LogP contribution in [0.4, 0.5) is 0 Å². The van der Waals surface area contributed by atoms with E-state index >= 15 is 0 Å². The summed E-state index contributed by atoms with van der Waals surface area (Å²) in [4.78, 5) is 4.43. The lowest BCUT2D eigenvalue weighted by atomic mass is 10.1. The van der Waals surface area contributed by atoms with Crippen LogP contribution in [-0.4, -0.2) is 59.2 Å². The Morgan fingerprint density at radius 2 is 1.80 bits per heavy atom. The van der Waals surface area contributed by atoms with Crippen molar-refractivity contribution in [2.24, 2.45) is 4.99 Å². The fourth-order valence-electron chi connectivity index (χ4n) is 2.41. The number of benzene rings is 1. The second kappa shape index (κ2) is 11.1. The molecule has 0 saturated carbocycles. The van der Waals surface area contributed by atoms with Gasteiger partial charge in [0, 0.05) is 19.3 Å². The van der Waals surface area contributed by atoms with Crippen LogP contribution in [0.1, 0.15) is 23.6 Å². The van der Waals surface area contributed by atoms with Gasteiger partial charge in [0.15, 0.2) is 5.96 Å². The molecule has 1 aromatic rings. The van der Waals surface area contributed by atoms with Gasteiger partial charge in [0.25, 0.3) is 0 Å². The van der Waals surface area contributed by atoms with Crippen LogP contribution < -0.4 is 10.6 Å². The molecular weight excluding hydrogens is 338 g/mol. The van der Waals surface area contributed by atoms with Gasteiger partial charge in [-0.2, -0.15) is 0 Å². The quantitative estimate of drug-likeness (QED) is 0.371. The maximum atomic E-state index is 11.0. The normalized spacial score (nSPS) is 12.2. The Morgan fingerprint density at radius 3 is 2.40 bits per heavy atom. The van der Waals surface area contributed by atoms with Crippen molar-refractivity contribution in [1.29, 1.82) is 0 Å². The lowest BCUT2D eigenvalue weighted by molar-refractivity contribution is 0.157. The summed E-state index contributed by atoms with van der Waals surface area (Å²) in [7, 11) is -2.97. The molecule has 0 bridgehead atoms. The molecule has 1 aromatic carbocycles. The molecule has 0 radical (unpaired) electrons. The molecule has 1 rings (SSSR count). The van der Waals surface area contributed by atoms with E-state index in [1.807, 2.05) is 6.92 Å². The molecule has 25 heavy (non-hydrogen) atoms. The molecule has 6 nitrogen and oxygen atoms in total. The highest BCUT2D eigenvalue weighted by molar-refractivity contribution is 7.90. The van der Waals surface area contributed by atoms with Gasteiger partial charge in [-0.3, -0.25) is 4.99 Å². The molecule has 0 atom stereocenters. The maximum Gasteiger partial charge on any atom is 0.191 e. The molecule has 0 fully saturated rings. The summed E-state index contributed by atoms with van der Waals surface area (Å²) in [6.07, 6.45) is 2.13. The van der Waals surface area contributed by atoms with Gasteiger partial charge in [-0.15, -0.1) is 0 Å². The molecular formula is C18H31N3O3S. The third-order valence-electron chi connectivity index (χ3n) is 3.44. The van der Waals surface area contributed by atoms with Crippen molar-refractivity contribution in [2.75, 3.05) is 44.9 Å². The average molecular weight is 370 g/mol. The van der Waals surface area contributed by atoms with Gasteiger partial charge in [0.1, 0.15) is 9.84 Å². The van der Waals surface area contributed by atoms with Crippen LogP contribution in [0.15, 0.2) is 23.2 Å². The fourth-order valence-corrected chi connectivity index (χ4v) is 2.84. The van der Waals surface area contributed by atoms with E-state index in [1.54, 1.807) is 0 Å². The van der Waals surface area contributed by atoms with Gasteiger partial charge in [0.2, 0.25) is 0 Å². The Balaban J connectivity index is 2.35. The Bertz CT molecular complexity index is 637. The van der Waals surface area contributed by atoms with Crippen LogP contribution in [0.3, 0.4) is 0 Å². The Morgan fingerprint density at radius 1 is 1.12 bits per heavy atom. The number of hydrogen-bond donors (Lipinski definition) is 2. The van der Waals surface area contributed by atoms with E-state index < -0.39 is 9.84 Å². The predicted molar refractivity (Wildman–Crippen MR) is 104 cm³/mol. The van der Waals surface area contributed by atoms with Crippen molar-refractivity contribution in [3.05, 3.63) is 34.9 Å². The molecule has 0 aliphatic rings. The molecule has 0 aliphatic heterocycles. The largest absolute Gasteiger partial charge is 0.378 e. The van der Waals surface area contributed by atoms with Crippen LogP contribution in [0.2, 0.25) is 0 Å². The van der Waals surface area contributed by atoms with Gasteiger partial charge in [-0.05, 0) is 32.8 Å². The van der Waals surface area contributed by atoms with Crippen LogP contribution in [0.5, 0.6) is 0 Å². The highest BCUT2D eigenvalue weighted by Crippen LogP contribution is 2.08. The van der Waals surface area contributed by atoms with Crippen molar-refractivity contribution in [3.8, 4) is 0 Å². The van der Waals surface area contributed by atoms with Crippen molar-refractivity contribution in [3.63, 3.8) is 0 Å². The van der Waals surface area contributed by atoms with Crippen LogP contribution in [-0.2, 0) is 21.0 Å². The number of aryl methyl sites for hydroxylation is 2. The number of rotatable bonds is 10. The molecule has 142 valence electrons. The molecule has 0 unspecified atom stereocenters. The summed E-state index contributed by atoms with van der Waals surface area (Å²) in [5.41, 5.74) is 3.87. The van der Waals surface area contributed by atoms with E-state index in [-0.39, 0.29) is 12.4 Å². The summed E-state index contributed by atoms with van der Waals surface area (Å²) < 4.78 is 27.3. The van der Waals surface area contributed by atoms with E-state index in [0.717, 1.165) is 25.5 Å². The third-order valence-corrected chi connectivity index (χ3v) is 4.34. The van der Waals surface area contributed by atoms with Crippen LogP contribution >= 0.6 is 0 Å². The minimum absolute atomic E-state index is 0.0466. The van der Waals surface area contributed by atoms with Crippen molar-refractivity contribution in [1.82, 2.24) is 10.6 Å². The van der Waals surface area contributed by atoms with E-state index in [9.17, 15) is 8.42 Å². The first-order chi connectivity index (χ1) is 11.8. The van der Waals surface area contributed by atoms with Gasteiger partial charge < -0.3 is 15.4 Å². The van der Waals surface area contributed by atoms with E-state index in [4.69, 9.17) is 4.74 Å². The third kappa shape index (κ3) is 10.8. The zero-order valence-electron chi connectivity index (χ0n) is 15.8. The summed E-state index contributed by atoms with van der Waals surface area (Å²) in [6.45, 7) is 8.92. The maximum absolute atomic E-state index is 11.0. The molecule has 0 saturated heterocycles. The molecule has 0 spiro atoms. The monoisotopic (exact) mass is 369 g/mol. The van der Waals surface area contributed by atoms with Crippen molar-refractivity contribution < 1.29 is 13.2 Å². The number of sulfone groups is 1. The number of ether oxygens (including phenoxy) is 1. The minimum Gasteiger partial charge on any atom is -0.378 e. The number of nitrogens with one attached hydrogen (secondary N) is 2. The lowest BCUT2D eigenvalue weighted by Gasteiger charge is -2.12. The molecule has 2 N–H and O–H groups in total. The van der Waals surface area contributed by atoms with E-state index in [2.05, 4.69) is 47.7 Å². The molecule has 0 heterocycles. The first kappa shape index (κ1) is 21.4. The molecule has 0 aliphatic carbocycles. The fraction of sp³-hybridized carbons (Fsp3) is 0.611. The molecule has 0 aromatic heterocycles. The lowest BCUT2D eigenvalue weighted by Crippen LogP contribution is -2.38. The first-order valence-electron chi connectivity index (χ1n) is 8.65. The summed E-state index contributed by atoms with van der Waals surface area (Å²) in [5.74, 6) is 0.795. The van der Waals surface area contributed by atoms with Crippen molar-refractivity contribution in [2.45, 2.75) is 27.2 Å². The first-order valence-corrected chi connectivity index (χ1v) is 10.7. The van der Waals surface area contributed by atoms with Crippen LogP contribution in [0.25, 0.3) is 0 Å². The van der Waals surface area contributed by atoms with Gasteiger partial charge in [0.05, 0.1) is 25.5 Å². The van der Waals surface area contributed by atoms with Crippen molar-refractivity contribution >= 4 is 15.8 Å². The zero-order chi connectivity index (χ0) is 18.7. The highest BCUT2D eigenvalue weighted by Gasteiger charge is 2.02. The smallest absolute Gasteiger partial charge is 0.191 e. The van der Waals surface area contributed by atoms with Gasteiger partial charge in [-0.1, -0.05) is 29.3 Å². The van der Waals surface area contributed by atoms with E-state index in [0.29, 0.717) is 13.2 Å². The van der Waals surface area contributed by atoms with E-state index in [1.165, 1.54) is 22.9 Å². The summed E-state index contributed by atoms with van der Waals surface area (Å²) in [5, 5.41) is 6.50. The SMILES string of the molecule is CCNC(=NCCOCCS(C)(=O)=O)NCCc1cc(C)cc(C)c1. The topological polar surface area (TPSA) is 79.8 Å². The zero-order valence-corrected chi connectivity index (χ0v) is 16.6. The van der Waals surface area contributed by atoms with Crippen LogP contribution in [0, 0.1) is 13.8 Å². The Labute approximate surface area is 152 Å². The summed E-state index contributed by atoms with van der Waals surface area (Å²) >= 11 is 0. The number of aliphatic imine (C=N–C) groups is 1. The predicted octanol–water partition coefficient (Wildman–Crippen LogP) is 1.46. The Hall–Kier alpha value is -1.60. The number of hydrogen-bond acceptors (Lipinski definition) is 4. The minimum atomic E-state index is -2.97. The molecule has 0 amide bonds. The molecule has 7 heteroatoms. The highest BCUT2D eigenvalue weighted by atomic mass is 32.2. The number of guanidine groups is 1. The van der Waals surface area contributed by atoms with Gasteiger partial charge >= 0.3 is 0 Å².